The maximum absolute atomic E-state index is 12.8. The van der Waals surface area contributed by atoms with Crippen LogP contribution in [-0.4, -0.2) is 6.43 Å². The van der Waals surface area contributed by atoms with E-state index in [0.717, 1.165) is 6.07 Å². The number of hydrogen-bond acceptors (Lipinski definition) is 1. The minimum atomic E-state index is -2.49. The van der Waals surface area contributed by atoms with E-state index in [4.69, 9.17) is 5.73 Å². The van der Waals surface area contributed by atoms with Gasteiger partial charge in [-0.1, -0.05) is 15.9 Å². The highest BCUT2D eigenvalue weighted by atomic mass is 79.9. The van der Waals surface area contributed by atoms with Crippen LogP contribution < -0.4 is 5.73 Å². The molecule has 1 atom stereocenters. The molecule has 1 nitrogen and oxygen atoms in total. The van der Waals surface area contributed by atoms with Gasteiger partial charge in [0.05, 0.1) is 0 Å². The largest absolute Gasteiger partial charge is 0.324 e. The average molecular weight is 268 g/mol. The molecule has 14 heavy (non-hydrogen) atoms. The highest BCUT2D eigenvalue weighted by Crippen LogP contribution is 2.26. The third-order valence-electron chi connectivity index (χ3n) is 1.79. The maximum atomic E-state index is 12.8. The van der Waals surface area contributed by atoms with E-state index < -0.39 is 24.7 Å². The molecule has 0 unspecified atom stereocenters. The minimum Gasteiger partial charge on any atom is -0.324 e. The van der Waals surface area contributed by atoms with Gasteiger partial charge >= 0.3 is 0 Å². The summed E-state index contributed by atoms with van der Waals surface area (Å²) in [5.41, 5.74) is 5.86. The zero-order valence-corrected chi connectivity index (χ0v) is 8.77. The molecule has 0 bridgehead atoms. The summed E-state index contributed by atoms with van der Waals surface area (Å²) in [6.45, 7) is 0. The monoisotopic (exact) mass is 267 g/mol. The molecule has 1 rings (SSSR count). The first kappa shape index (κ1) is 11.5. The molecule has 1 aromatic rings. The van der Waals surface area contributed by atoms with Gasteiger partial charge in [0.15, 0.2) is 0 Å². The molecule has 0 aliphatic heterocycles. The van der Waals surface area contributed by atoms with Gasteiger partial charge in [0, 0.05) is 16.9 Å². The highest BCUT2D eigenvalue weighted by molar-refractivity contribution is 9.10. The van der Waals surface area contributed by atoms with E-state index >= 15 is 0 Å². The molecular weight excluding hydrogens is 259 g/mol. The molecule has 0 fully saturated rings. The Labute approximate surface area is 88.2 Å². The van der Waals surface area contributed by atoms with Gasteiger partial charge in [0.1, 0.15) is 5.82 Å². The molecule has 0 heterocycles. The molecule has 0 saturated heterocycles. The van der Waals surface area contributed by atoms with E-state index in [1.54, 1.807) is 0 Å². The fraction of sp³-hybridized carbons (Fsp3) is 0.333. The van der Waals surface area contributed by atoms with E-state index in [1.165, 1.54) is 12.1 Å². The Morgan fingerprint density at radius 3 is 2.57 bits per heavy atom. The van der Waals surface area contributed by atoms with Crippen LogP contribution in [-0.2, 0) is 0 Å². The van der Waals surface area contributed by atoms with Crippen molar-refractivity contribution in [2.24, 2.45) is 5.73 Å². The fourth-order valence-corrected chi connectivity index (χ4v) is 1.66. The van der Waals surface area contributed by atoms with Gasteiger partial charge in [0.25, 0.3) is 0 Å². The van der Waals surface area contributed by atoms with Crippen LogP contribution in [0.3, 0.4) is 0 Å². The van der Waals surface area contributed by atoms with Crippen molar-refractivity contribution in [2.75, 3.05) is 0 Å². The molecule has 0 radical (unpaired) electrons. The van der Waals surface area contributed by atoms with Gasteiger partial charge in [-0.25, -0.2) is 13.2 Å². The summed E-state index contributed by atoms with van der Waals surface area (Å²) >= 11 is 3.13. The van der Waals surface area contributed by atoms with E-state index in [9.17, 15) is 13.2 Å². The van der Waals surface area contributed by atoms with Crippen molar-refractivity contribution in [3.05, 3.63) is 34.1 Å². The van der Waals surface area contributed by atoms with Crippen LogP contribution >= 0.6 is 15.9 Å². The molecule has 0 aliphatic carbocycles. The van der Waals surface area contributed by atoms with Crippen molar-refractivity contribution >= 4 is 15.9 Å². The molecular formula is C9H9BrF3N. The molecule has 0 saturated carbocycles. The Bertz CT molecular complexity index is 317. The smallest absolute Gasteiger partial charge is 0.240 e. The molecule has 0 amide bonds. The Balaban J connectivity index is 2.88. The summed E-state index contributed by atoms with van der Waals surface area (Å²) in [5, 5.41) is 0. The van der Waals surface area contributed by atoms with E-state index in [0.29, 0.717) is 10.0 Å². The Kier molecular flexibility index (Phi) is 3.95. The third-order valence-corrected chi connectivity index (χ3v) is 2.51. The third kappa shape index (κ3) is 2.99. The Morgan fingerprint density at radius 2 is 2.00 bits per heavy atom. The van der Waals surface area contributed by atoms with Crippen LogP contribution in [0.2, 0.25) is 0 Å². The first-order chi connectivity index (χ1) is 6.50. The van der Waals surface area contributed by atoms with Crippen LogP contribution in [0, 0.1) is 5.82 Å². The van der Waals surface area contributed by atoms with Crippen molar-refractivity contribution in [3.63, 3.8) is 0 Å². The van der Waals surface area contributed by atoms with Crippen LogP contribution in [0.4, 0.5) is 13.2 Å². The molecule has 2 N–H and O–H groups in total. The Morgan fingerprint density at radius 1 is 1.36 bits per heavy atom. The van der Waals surface area contributed by atoms with Crippen molar-refractivity contribution in [3.8, 4) is 0 Å². The average Bonchev–Trinajstić information content (AvgIpc) is 2.08. The summed E-state index contributed by atoms with van der Waals surface area (Å²) in [4.78, 5) is 0. The van der Waals surface area contributed by atoms with Crippen molar-refractivity contribution in [1.29, 1.82) is 0 Å². The quantitative estimate of drug-likeness (QED) is 0.894. The number of rotatable bonds is 3. The van der Waals surface area contributed by atoms with Crippen LogP contribution in [0.15, 0.2) is 22.7 Å². The second kappa shape index (κ2) is 4.79. The van der Waals surface area contributed by atoms with Gasteiger partial charge in [-0.3, -0.25) is 0 Å². The van der Waals surface area contributed by atoms with Crippen molar-refractivity contribution in [2.45, 2.75) is 18.9 Å². The SMILES string of the molecule is N[C@@H](CC(F)F)c1cc(F)ccc1Br. The van der Waals surface area contributed by atoms with Crippen LogP contribution in [0.5, 0.6) is 0 Å². The second-order valence-corrected chi connectivity index (χ2v) is 3.75. The summed E-state index contributed by atoms with van der Waals surface area (Å²) in [6, 6.07) is 3.01. The van der Waals surface area contributed by atoms with Crippen molar-refractivity contribution < 1.29 is 13.2 Å². The summed E-state index contributed by atoms with van der Waals surface area (Å²) in [7, 11) is 0. The number of halogens is 4. The van der Waals surface area contributed by atoms with E-state index in [-0.39, 0.29) is 0 Å². The zero-order chi connectivity index (χ0) is 10.7. The predicted octanol–water partition coefficient (Wildman–Crippen LogP) is 3.24. The predicted molar refractivity (Wildman–Crippen MR) is 51.6 cm³/mol. The van der Waals surface area contributed by atoms with Crippen molar-refractivity contribution in [1.82, 2.24) is 0 Å². The highest BCUT2D eigenvalue weighted by Gasteiger charge is 2.15. The van der Waals surface area contributed by atoms with E-state index in [1.807, 2.05) is 0 Å². The second-order valence-electron chi connectivity index (χ2n) is 2.90. The number of benzene rings is 1. The molecule has 0 spiro atoms. The maximum Gasteiger partial charge on any atom is 0.240 e. The minimum absolute atomic E-state index is 0.366. The van der Waals surface area contributed by atoms with Gasteiger partial charge in [-0.15, -0.1) is 0 Å². The lowest BCUT2D eigenvalue weighted by atomic mass is 10.1. The van der Waals surface area contributed by atoms with Gasteiger partial charge in [0.2, 0.25) is 6.43 Å². The normalized spacial score (nSPS) is 13.3. The number of alkyl halides is 2. The topological polar surface area (TPSA) is 26.0 Å². The standard InChI is InChI=1S/C9H9BrF3N/c10-7-2-1-5(11)3-6(7)8(14)4-9(12)13/h1-3,8-9H,4,14H2/t8-/m0/s1. The molecule has 78 valence electrons. The lowest BCUT2D eigenvalue weighted by Gasteiger charge is -2.13. The van der Waals surface area contributed by atoms with Gasteiger partial charge in [-0.05, 0) is 23.8 Å². The summed E-state index contributed by atoms with van der Waals surface area (Å²) in [6.07, 6.45) is -2.96. The van der Waals surface area contributed by atoms with E-state index in [2.05, 4.69) is 15.9 Å². The number of hydrogen-bond donors (Lipinski definition) is 1. The van der Waals surface area contributed by atoms with Crippen LogP contribution in [0.25, 0.3) is 0 Å². The molecule has 1 aromatic carbocycles. The van der Waals surface area contributed by atoms with Gasteiger partial charge < -0.3 is 5.73 Å². The Hall–Kier alpha value is -0.550. The first-order valence-electron chi connectivity index (χ1n) is 3.99. The lowest BCUT2D eigenvalue weighted by Crippen LogP contribution is -2.14. The lowest BCUT2D eigenvalue weighted by molar-refractivity contribution is 0.128. The zero-order valence-electron chi connectivity index (χ0n) is 7.18. The molecule has 0 aliphatic rings. The summed E-state index contributed by atoms with van der Waals surface area (Å²) in [5.74, 6) is -0.479. The van der Waals surface area contributed by atoms with Gasteiger partial charge in [-0.2, -0.15) is 0 Å². The molecule has 0 aromatic heterocycles. The fourth-order valence-electron chi connectivity index (χ4n) is 1.12. The number of nitrogens with two attached hydrogens (primary N) is 1. The molecule has 5 heteroatoms. The van der Waals surface area contributed by atoms with Crippen LogP contribution in [0.1, 0.15) is 18.0 Å². The first-order valence-corrected chi connectivity index (χ1v) is 4.78. The summed E-state index contributed by atoms with van der Waals surface area (Å²) < 4.78 is 37.4.